The third-order valence-electron chi connectivity index (χ3n) is 3.12. The van der Waals surface area contributed by atoms with Crippen molar-refractivity contribution in [1.82, 2.24) is 0 Å². The Bertz CT molecular complexity index is 320. The molecule has 0 aromatic carbocycles. The van der Waals surface area contributed by atoms with Gasteiger partial charge in [0.05, 0.1) is 4.87 Å². The smallest absolute Gasteiger partial charge is 0.119 e. The highest BCUT2D eigenvalue weighted by Gasteiger charge is 2.22. The summed E-state index contributed by atoms with van der Waals surface area (Å²) in [5, 5.41) is 0. The molecule has 1 aliphatic rings. The number of halogens is 1. The highest BCUT2D eigenvalue weighted by atomic mass is 35.5. The fourth-order valence-electron chi connectivity index (χ4n) is 1.43. The predicted molar refractivity (Wildman–Crippen MR) is 70.7 cm³/mol. The van der Waals surface area contributed by atoms with E-state index in [9.17, 15) is 0 Å². The third-order valence-corrected chi connectivity index (χ3v) is 3.37. The Balaban J connectivity index is 2.77. The zero-order valence-electron chi connectivity index (χ0n) is 10.6. The molecule has 1 rings (SSSR count). The van der Waals surface area contributed by atoms with Crippen LogP contribution in [0.15, 0.2) is 36.1 Å². The maximum atomic E-state index is 6.22. The lowest BCUT2D eigenvalue weighted by Gasteiger charge is -2.28. The Morgan fingerprint density at radius 3 is 2.50 bits per heavy atom. The number of hydrogen-bond acceptors (Lipinski definition) is 1. The van der Waals surface area contributed by atoms with Crippen molar-refractivity contribution in [3.05, 3.63) is 36.1 Å². The quantitative estimate of drug-likeness (QED) is 0.653. The molecule has 90 valence electrons. The van der Waals surface area contributed by atoms with Crippen LogP contribution in [0.1, 0.15) is 40.5 Å². The summed E-state index contributed by atoms with van der Waals surface area (Å²) in [7, 11) is 0. The van der Waals surface area contributed by atoms with E-state index in [-0.39, 0.29) is 5.60 Å². The van der Waals surface area contributed by atoms with Gasteiger partial charge in [-0.15, -0.1) is 11.6 Å². The van der Waals surface area contributed by atoms with Crippen molar-refractivity contribution >= 4 is 11.6 Å². The number of rotatable bonds is 4. The Morgan fingerprint density at radius 1 is 1.31 bits per heavy atom. The van der Waals surface area contributed by atoms with E-state index in [1.807, 2.05) is 37.3 Å². The molecule has 0 N–H and O–H groups in total. The van der Waals surface area contributed by atoms with Crippen LogP contribution in [0.5, 0.6) is 0 Å². The van der Waals surface area contributed by atoms with Gasteiger partial charge in [0, 0.05) is 0 Å². The van der Waals surface area contributed by atoms with Gasteiger partial charge in [-0.2, -0.15) is 0 Å². The first-order valence-electron chi connectivity index (χ1n) is 5.87. The van der Waals surface area contributed by atoms with Crippen LogP contribution in [0.25, 0.3) is 0 Å². The molecule has 0 aromatic heterocycles. The van der Waals surface area contributed by atoms with E-state index in [1.165, 1.54) is 0 Å². The summed E-state index contributed by atoms with van der Waals surface area (Å²) in [5.74, 6) is 0.881. The fourth-order valence-corrected chi connectivity index (χ4v) is 1.57. The van der Waals surface area contributed by atoms with Crippen LogP contribution in [0.2, 0.25) is 0 Å². The second-order valence-corrected chi connectivity index (χ2v) is 5.49. The molecule has 0 radical (unpaired) electrons. The summed E-state index contributed by atoms with van der Waals surface area (Å²) in [5.41, 5.74) is -0.0862. The van der Waals surface area contributed by atoms with E-state index in [1.54, 1.807) is 0 Å². The van der Waals surface area contributed by atoms with Gasteiger partial charge in [0.1, 0.15) is 11.4 Å². The lowest BCUT2D eigenvalue weighted by molar-refractivity contribution is 0.0179. The number of hydrogen-bond donors (Lipinski definition) is 0. The lowest BCUT2D eigenvalue weighted by atomic mass is 10.00. The van der Waals surface area contributed by atoms with Crippen molar-refractivity contribution in [3.63, 3.8) is 0 Å². The predicted octanol–water partition coefficient (Wildman–Crippen LogP) is 4.59. The van der Waals surface area contributed by atoms with Gasteiger partial charge in [-0.1, -0.05) is 32.1 Å². The van der Waals surface area contributed by atoms with Gasteiger partial charge in [0.25, 0.3) is 0 Å². The van der Waals surface area contributed by atoms with Gasteiger partial charge in [0.2, 0.25) is 0 Å². The van der Waals surface area contributed by atoms with Gasteiger partial charge >= 0.3 is 0 Å². The molecular weight excluding hydrogens is 220 g/mol. The minimum absolute atomic E-state index is 0.0862. The van der Waals surface area contributed by atoms with Crippen LogP contribution >= 0.6 is 11.6 Å². The van der Waals surface area contributed by atoms with Gasteiger partial charge < -0.3 is 4.74 Å². The van der Waals surface area contributed by atoms with Crippen LogP contribution in [-0.2, 0) is 4.74 Å². The van der Waals surface area contributed by atoms with E-state index < -0.39 is 4.87 Å². The molecule has 0 fully saturated rings. The molecule has 16 heavy (non-hydrogen) atoms. The Morgan fingerprint density at radius 2 is 1.94 bits per heavy atom. The van der Waals surface area contributed by atoms with Crippen LogP contribution < -0.4 is 0 Å². The number of allylic oxidation sites excluding steroid dienone is 5. The molecular formula is C14H21ClO. The molecule has 1 atom stereocenters. The Kier molecular flexibility index (Phi) is 4.26. The van der Waals surface area contributed by atoms with Crippen molar-refractivity contribution in [2.45, 2.75) is 51.0 Å². The Labute approximate surface area is 104 Å². The molecule has 1 aliphatic carbocycles. The molecule has 1 nitrogen and oxygen atoms in total. The minimum atomic E-state index is -0.406. The van der Waals surface area contributed by atoms with Gasteiger partial charge in [-0.3, -0.25) is 0 Å². The van der Waals surface area contributed by atoms with E-state index in [0.717, 1.165) is 18.6 Å². The van der Waals surface area contributed by atoms with E-state index in [2.05, 4.69) is 20.8 Å². The normalized spacial score (nSPS) is 25.2. The second-order valence-electron chi connectivity index (χ2n) is 4.67. The van der Waals surface area contributed by atoms with E-state index in [0.29, 0.717) is 0 Å². The summed E-state index contributed by atoms with van der Waals surface area (Å²) >= 11 is 6.22. The zero-order valence-corrected chi connectivity index (χ0v) is 11.3. The zero-order chi connectivity index (χ0) is 12.2. The van der Waals surface area contributed by atoms with Gasteiger partial charge in [-0.05, 0) is 38.8 Å². The summed E-state index contributed by atoms with van der Waals surface area (Å²) in [6.45, 7) is 8.38. The maximum absolute atomic E-state index is 6.22. The second kappa shape index (κ2) is 5.09. The van der Waals surface area contributed by atoms with Crippen LogP contribution in [0.3, 0.4) is 0 Å². The average molecular weight is 241 g/mol. The molecule has 0 saturated carbocycles. The first-order chi connectivity index (χ1) is 7.41. The SMILES string of the molecule is CCC(C)(CC)OC1=CC=CC(C)(Cl)C=C1. The summed E-state index contributed by atoms with van der Waals surface area (Å²) in [6.07, 6.45) is 11.8. The van der Waals surface area contributed by atoms with E-state index >= 15 is 0 Å². The van der Waals surface area contributed by atoms with Crippen molar-refractivity contribution < 1.29 is 4.74 Å². The highest BCUT2D eigenvalue weighted by molar-refractivity contribution is 6.26. The molecule has 0 spiro atoms. The van der Waals surface area contributed by atoms with Crippen molar-refractivity contribution in [3.8, 4) is 0 Å². The van der Waals surface area contributed by atoms with Gasteiger partial charge in [-0.25, -0.2) is 0 Å². The Hall–Kier alpha value is -0.690. The molecule has 0 heterocycles. The van der Waals surface area contributed by atoms with Crippen molar-refractivity contribution in [2.75, 3.05) is 0 Å². The summed E-state index contributed by atoms with van der Waals surface area (Å²) in [6, 6.07) is 0. The fraction of sp³-hybridized carbons (Fsp3) is 0.571. The molecule has 0 amide bonds. The molecule has 1 unspecified atom stereocenters. The summed E-state index contributed by atoms with van der Waals surface area (Å²) in [4.78, 5) is -0.406. The van der Waals surface area contributed by atoms with Crippen LogP contribution in [0, 0.1) is 0 Å². The van der Waals surface area contributed by atoms with Crippen LogP contribution in [0.4, 0.5) is 0 Å². The molecule has 2 heteroatoms. The van der Waals surface area contributed by atoms with Crippen molar-refractivity contribution in [2.24, 2.45) is 0 Å². The monoisotopic (exact) mass is 240 g/mol. The largest absolute Gasteiger partial charge is 0.488 e. The first-order valence-corrected chi connectivity index (χ1v) is 6.25. The molecule has 0 bridgehead atoms. The first kappa shape index (κ1) is 13.4. The lowest BCUT2D eigenvalue weighted by Crippen LogP contribution is -2.26. The number of alkyl halides is 1. The topological polar surface area (TPSA) is 9.23 Å². The molecule has 0 saturated heterocycles. The van der Waals surface area contributed by atoms with Crippen LogP contribution in [-0.4, -0.2) is 10.5 Å². The maximum Gasteiger partial charge on any atom is 0.119 e. The average Bonchev–Trinajstić information content (AvgIpc) is 2.40. The van der Waals surface area contributed by atoms with Gasteiger partial charge in [0.15, 0.2) is 0 Å². The number of ether oxygens (including phenoxy) is 1. The minimum Gasteiger partial charge on any atom is -0.488 e. The molecule has 0 aromatic rings. The highest BCUT2D eigenvalue weighted by Crippen LogP contribution is 2.27. The van der Waals surface area contributed by atoms with E-state index in [4.69, 9.17) is 16.3 Å². The third kappa shape index (κ3) is 3.71. The standard InChI is InChI=1S/C14H21ClO/c1-5-14(4,6-2)16-12-8-7-10-13(3,15)11-9-12/h7-11H,5-6H2,1-4H3. The summed E-state index contributed by atoms with van der Waals surface area (Å²) < 4.78 is 6.01. The molecule has 0 aliphatic heterocycles. The van der Waals surface area contributed by atoms with Crippen molar-refractivity contribution in [1.29, 1.82) is 0 Å².